The van der Waals surface area contributed by atoms with E-state index in [4.69, 9.17) is 9.98 Å². The number of pyridine rings is 1. The van der Waals surface area contributed by atoms with Crippen LogP contribution in [0.5, 0.6) is 0 Å². The van der Waals surface area contributed by atoms with Gasteiger partial charge >= 0.3 is 0 Å². The first kappa shape index (κ1) is 17.2. The van der Waals surface area contributed by atoms with Crippen LogP contribution in [0.2, 0.25) is 0 Å². The molecule has 0 bridgehead atoms. The summed E-state index contributed by atoms with van der Waals surface area (Å²) in [7, 11) is 0. The Morgan fingerprint density at radius 1 is 0.889 bits per heavy atom. The van der Waals surface area contributed by atoms with Gasteiger partial charge in [-0.05, 0) is 63.1 Å². The van der Waals surface area contributed by atoms with Crippen molar-refractivity contribution in [2.75, 3.05) is 0 Å². The molecule has 0 fully saturated rings. The molecule has 2 aromatic carbocycles. The Bertz CT molecular complexity index is 1110. The molecule has 0 unspecified atom stereocenters. The second kappa shape index (κ2) is 6.80. The Morgan fingerprint density at radius 2 is 1.63 bits per heavy atom. The van der Waals surface area contributed by atoms with E-state index in [1.54, 1.807) is 0 Å². The van der Waals surface area contributed by atoms with Gasteiger partial charge in [0.05, 0.1) is 28.1 Å². The van der Waals surface area contributed by atoms with Gasteiger partial charge in [-0.1, -0.05) is 35.9 Å². The van der Waals surface area contributed by atoms with Crippen LogP contribution in [0.25, 0.3) is 22.6 Å². The molecule has 0 spiro atoms. The highest BCUT2D eigenvalue weighted by Crippen LogP contribution is 2.26. The first-order valence-electron chi connectivity index (χ1n) is 9.07. The summed E-state index contributed by atoms with van der Waals surface area (Å²) >= 11 is 0. The lowest BCUT2D eigenvalue weighted by atomic mass is 10.1. The van der Waals surface area contributed by atoms with Gasteiger partial charge in [-0.15, -0.1) is 0 Å². The number of imidazole rings is 1. The van der Waals surface area contributed by atoms with E-state index in [0.717, 1.165) is 39.6 Å². The summed E-state index contributed by atoms with van der Waals surface area (Å²) in [5.74, 6) is 0.772. The van der Waals surface area contributed by atoms with Gasteiger partial charge in [0.15, 0.2) is 5.82 Å². The number of rotatable bonds is 3. The number of aryl methyl sites for hydroxylation is 3. The molecule has 0 saturated carbocycles. The predicted molar refractivity (Wildman–Crippen MR) is 112 cm³/mol. The molecule has 0 aliphatic heterocycles. The summed E-state index contributed by atoms with van der Waals surface area (Å²) < 4.78 is 0. The van der Waals surface area contributed by atoms with E-state index in [9.17, 15) is 0 Å². The van der Waals surface area contributed by atoms with E-state index in [1.165, 1.54) is 16.7 Å². The van der Waals surface area contributed by atoms with Crippen LogP contribution in [0.4, 0.5) is 5.69 Å². The van der Waals surface area contributed by atoms with Gasteiger partial charge in [0, 0.05) is 0 Å². The Kier molecular flexibility index (Phi) is 4.32. The van der Waals surface area contributed by atoms with E-state index >= 15 is 0 Å². The van der Waals surface area contributed by atoms with Gasteiger partial charge in [0.2, 0.25) is 0 Å². The largest absolute Gasteiger partial charge is 0.337 e. The molecule has 0 amide bonds. The van der Waals surface area contributed by atoms with E-state index < -0.39 is 0 Å². The summed E-state index contributed by atoms with van der Waals surface area (Å²) in [6.45, 7) is 8.32. The van der Waals surface area contributed by atoms with Crippen molar-refractivity contribution in [1.82, 2.24) is 15.0 Å². The van der Waals surface area contributed by atoms with E-state index in [0.29, 0.717) is 0 Å². The molecule has 0 saturated heterocycles. The summed E-state index contributed by atoms with van der Waals surface area (Å²) in [6, 6.07) is 18.3. The molecule has 2 aromatic heterocycles. The normalized spacial score (nSPS) is 11.9. The van der Waals surface area contributed by atoms with Crippen molar-refractivity contribution >= 4 is 22.4 Å². The second-order valence-electron chi connectivity index (χ2n) is 6.96. The van der Waals surface area contributed by atoms with E-state index in [-0.39, 0.29) is 0 Å². The maximum Gasteiger partial charge on any atom is 0.157 e. The molecule has 134 valence electrons. The Balaban J connectivity index is 1.74. The number of benzene rings is 2. The van der Waals surface area contributed by atoms with Crippen LogP contribution < -0.4 is 0 Å². The molecule has 0 radical (unpaired) electrons. The summed E-state index contributed by atoms with van der Waals surface area (Å²) in [4.78, 5) is 17.6. The average molecular weight is 354 g/mol. The summed E-state index contributed by atoms with van der Waals surface area (Å²) in [5.41, 5.74) is 9.15. The average Bonchev–Trinajstić information content (AvgIpc) is 3.09. The second-order valence-corrected chi connectivity index (χ2v) is 6.96. The maximum absolute atomic E-state index is 4.87. The lowest BCUT2D eigenvalue weighted by molar-refractivity contribution is 1.21. The van der Waals surface area contributed by atoms with Crippen LogP contribution >= 0.6 is 0 Å². The van der Waals surface area contributed by atoms with Gasteiger partial charge < -0.3 is 4.98 Å². The van der Waals surface area contributed by atoms with Crippen molar-refractivity contribution < 1.29 is 0 Å². The number of hydrogen-bond acceptors (Lipinski definition) is 3. The van der Waals surface area contributed by atoms with Gasteiger partial charge in [-0.2, -0.15) is 0 Å². The molecule has 4 nitrogen and oxygen atoms in total. The number of aromatic amines is 1. The van der Waals surface area contributed by atoms with Crippen LogP contribution in [0.3, 0.4) is 0 Å². The monoisotopic (exact) mass is 354 g/mol. The standard InChI is InChI=1S/C23H22N4/c1-14-12-15(2)22(16(3)13-14)24-17(4)18-10-7-11-21(25-18)23-26-19-8-5-6-9-20(19)27-23/h5-13H,1-4H3,(H,26,27). The highest BCUT2D eigenvalue weighted by molar-refractivity contribution is 5.99. The highest BCUT2D eigenvalue weighted by atomic mass is 15.0. The molecule has 4 rings (SSSR count). The van der Waals surface area contributed by atoms with Crippen molar-refractivity contribution in [2.45, 2.75) is 27.7 Å². The number of fused-ring (bicyclic) bond motifs is 1. The zero-order valence-electron chi connectivity index (χ0n) is 16.0. The number of nitrogens with zero attached hydrogens (tertiary/aromatic N) is 3. The molecule has 27 heavy (non-hydrogen) atoms. The number of hydrogen-bond donors (Lipinski definition) is 1. The SMILES string of the molecule is CC(=Nc1c(C)cc(C)cc1C)c1cccc(-c2nc3ccccc3[nH]2)n1. The van der Waals surface area contributed by atoms with Crippen molar-refractivity contribution in [3.05, 3.63) is 77.0 Å². The lowest BCUT2D eigenvalue weighted by Gasteiger charge is -2.09. The highest BCUT2D eigenvalue weighted by Gasteiger charge is 2.09. The van der Waals surface area contributed by atoms with Crippen molar-refractivity contribution in [1.29, 1.82) is 0 Å². The molecule has 4 aromatic rings. The first-order valence-corrected chi connectivity index (χ1v) is 9.07. The smallest absolute Gasteiger partial charge is 0.157 e. The van der Waals surface area contributed by atoms with Crippen molar-refractivity contribution in [2.24, 2.45) is 4.99 Å². The number of H-pyrrole nitrogens is 1. The predicted octanol–water partition coefficient (Wildman–Crippen LogP) is 5.69. The fourth-order valence-corrected chi connectivity index (χ4v) is 3.42. The van der Waals surface area contributed by atoms with Gasteiger partial charge in [0.1, 0.15) is 5.69 Å². The summed E-state index contributed by atoms with van der Waals surface area (Å²) in [6.07, 6.45) is 0. The Morgan fingerprint density at radius 3 is 2.37 bits per heavy atom. The lowest BCUT2D eigenvalue weighted by Crippen LogP contribution is -2.00. The number of aliphatic imine (C=N–C) groups is 1. The minimum atomic E-state index is 0.772. The van der Waals surface area contributed by atoms with Gasteiger partial charge in [-0.25, -0.2) is 9.97 Å². The topological polar surface area (TPSA) is 53.9 Å². The zero-order chi connectivity index (χ0) is 19.0. The third-order valence-corrected chi connectivity index (χ3v) is 4.67. The van der Waals surface area contributed by atoms with Gasteiger partial charge in [0.25, 0.3) is 0 Å². The van der Waals surface area contributed by atoms with Crippen LogP contribution in [0.15, 0.2) is 59.6 Å². The molecule has 0 atom stereocenters. The third-order valence-electron chi connectivity index (χ3n) is 4.67. The Hall–Kier alpha value is -3.27. The number of aromatic nitrogens is 3. The van der Waals surface area contributed by atoms with Crippen molar-refractivity contribution in [3.63, 3.8) is 0 Å². The number of nitrogens with one attached hydrogen (secondary N) is 1. The molecule has 4 heteroatoms. The van der Waals surface area contributed by atoms with Gasteiger partial charge in [-0.3, -0.25) is 4.99 Å². The number of para-hydroxylation sites is 2. The molecular weight excluding hydrogens is 332 g/mol. The molecule has 1 N–H and O–H groups in total. The molecular formula is C23H22N4. The fraction of sp³-hybridized carbons (Fsp3) is 0.174. The summed E-state index contributed by atoms with van der Waals surface area (Å²) in [5, 5.41) is 0. The molecule has 2 heterocycles. The Labute approximate surface area is 159 Å². The van der Waals surface area contributed by atoms with Crippen LogP contribution in [0.1, 0.15) is 29.3 Å². The van der Waals surface area contributed by atoms with Crippen molar-refractivity contribution in [3.8, 4) is 11.5 Å². The molecule has 0 aliphatic carbocycles. The first-order chi connectivity index (χ1) is 13.0. The van der Waals surface area contributed by atoms with Crippen LogP contribution in [-0.2, 0) is 0 Å². The molecule has 0 aliphatic rings. The minimum absolute atomic E-state index is 0.772. The fourth-order valence-electron chi connectivity index (χ4n) is 3.42. The van der Waals surface area contributed by atoms with Crippen LogP contribution in [0, 0.1) is 20.8 Å². The van der Waals surface area contributed by atoms with E-state index in [1.807, 2.05) is 49.4 Å². The quantitative estimate of drug-likeness (QED) is 0.480. The minimum Gasteiger partial charge on any atom is -0.337 e. The maximum atomic E-state index is 4.87. The van der Waals surface area contributed by atoms with E-state index in [2.05, 4.69) is 42.9 Å². The van der Waals surface area contributed by atoms with Crippen LogP contribution in [-0.4, -0.2) is 20.7 Å². The zero-order valence-corrected chi connectivity index (χ0v) is 16.0. The third kappa shape index (κ3) is 3.38.